The maximum atomic E-state index is 5.70. The first kappa shape index (κ1) is 11.8. The van der Waals surface area contributed by atoms with E-state index in [1.807, 2.05) is 13.2 Å². The molecule has 0 aliphatic rings. The average molecular weight is 235 g/mol. The monoisotopic (exact) mass is 235 g/mol. The largest absolute Gasteiger partial charge is 0.339 e. The molecule has 92 valence electrons. The van der Waals surface area contributed by atoms with E-state index in [4.69, 9.17) is 10.3 Å². The van der Waals surface area contributed by atoms with E-state index >= 15 is 0 Å². The maximum absolute atomic E-state index is 5.70. The van der Waals surface area contributed by atoms with Crippen LogP contribution in [-0.4, -0.2) is 26.5 Å². The lowest BCUT2D eigenvalue weighted by Gasteiger charge is -2.06. The van der Waals surface area contributed by atoms with Crippen molar-refractivity contribution in [3.63, 3.8) is 0 Å². The molecule has 0 aliphatic carbocycles. The molecular formula is C11H17N5O. The third-order valence-electron chi connectivity index (χ3n) is 2.68. The number of aromatic nitrogens is 4. The zero-order valence-corrected chi connectivity index (χ0v) is 10.1. The van der Waals surface area contributed by atoms with Gasteiger partial charge < -0.3 is 10.3 Å². The van der Waals surface area contributed by atoms with Gasteiger partial charge in [0.1, 0.15) is 0 Å². The van der Waals surface area contributed by atoms with Crippen molar-refractivity contribution in [1.82, 2.24) is 19.9 Å². The highest BCUT2D eigenvalue weighted by molar-refractivity contribution is 5.51. The van der Waals surface area contributed by atoms with Gasteiger partial charge in [0.2, 0.25) is 11.7 Å². The second-order valence-electron chi connectivity index (χ2n) is 4.08. The molecule has 1 unspecified atom stereocenters. The fraction of sp³-hybridized carbons (Fsp3) is 0.545. The van der Waals surface area contributed by atoms with Crippen LogP contribution in [0.25, 0.3) is 11.4 Å². The molecule has 2 N–H and O–H groups in total. The SMILES string of the molecule is CCCC(CN)c1nc(-c2cnn(C)c2)no1. The second-order valence-corrected chi connectivity index (χ2v) is 4.08. The minimum absolute atomic E-state index is 0.151. The van der Waals surface area contributed by atoms with Crippen molar-refractivity contribution in [3.8, 4) is 11.4 Å². The number of nitrogens with zero attached hydrogens (tertiary/aromatic N) is 4. The summed E-state index contributed by atoms with van der Waals surface area (Å²) in [4.78, 5) is 4.37. The van der Waals surface area contributed by atoms with Crippen LogP contribution in [0.3, 0.4) is 0 Å². The van der Waals surface area contributed by atoms with Crippen molar-refractivity contribution in [2.45, 2.75) is 25.7 Å². The summed E-state index contributed by atoms with van der Waals surface area (Å²) in [7, 11) is 1.85. The number of nitrogens with two attached hydrogens (primary N) is 1. The molecule has 0 spiro atoms. The van der Waals surface area contributed by atoms with Crippen LogP contribution in [0.15, 0.2) is 16.9 Å². The Bertz CT molecular complexity index is 476. The van der Waals surface area contributed by atoms with Crippen LogP contribution in [-0.2, 0) is 7.05 Å². The molecule has 1 atom stereocenters. The standard InChI is InChI=1S/C11H17N5O/c1-3-4-8(5-12)11-14-10(15-17-11)9-6-13-16(2)7-9/h6-8H,3-5,12H2,1-2H3. The molecule has 0 saturated carbocycles. The second kappa shape index (κ2) is 5.09. The highest BCUT2D eigenvalue weighted by atomic mass is 16.5. The third-order valence-corrected chi connectivity index (χ3v) is 2.68. The zero-order chi connectivity index (χ0) is 12.3. The van der Waals surface area contributed by atoms with Crippen LogP contribution < -0.4 is 5.73 Å². The zero-order valence-electron chi connectivity index (χ0n) is 10.1. The molecular weight excluding hydrogens is 218 g/mol. The van der Waals surface area contributed by atoms with Gasteiger partial charge in [0.15, 0.2) is 0 Å². The van der Waals surface area contributed by atoms with Gasteiger partial charge in [0.05, 0.1) is 17.7 Å². The van der Waals surface area contributed by atoms with Crippen LogP contribution in [0.4, 0.5) is 0 Å². The Balaban J connectivity index is 2.20. The normalized spacial score (nSPS) is 12.9. The Morgan fingerprint density at radius 1 is 1.53 bits per heavy atom. The summed E-state index contributed by atoms with van der Waals surface area (Å²) in [5, 5.41) is 8.03. The van der Waals surface area contributed by atoms with E-state index in [1.165, 1.54) is 0 Å². The van der Waals surface area contributed by atoms with Crippen molar-refractivity contribution in [2.24, 2.45) is 12.8 Å². The van der Waals surface area contributed by atoms with Gasteiger partial charge in [0, 0.05) is 19.8 Å². The maximum Gasteiger partial charge on any atom is 0.231 e. The molecule has 6 heteroatoms. The first-order valence-electron chi connectivity index (χ1n) is 5.77. The average Bonchev–Trinajstić information content (AvgIpc) is 2.94. The number of hydrogen-bond acceptors (Lipinski definition) is 5. The molecule has 0 aromatic carbocycles. The summed E-state index contributed by atoms with van der Waals surface area (Å²) >= 11 is 0. The molecule has 0 bridgehead atoms. The predicted octanol–water partition coefficient (Wildman–Crippen LogP) is 1.31. The van der Waals surface area contributed by atoms with Gasteiger partial charge in [-0.25, -0.2) is 0 Å². The summed E-state index contributed by atoms with van der Waals surface area (Å²) < 4.78 is 6.96. The highest BCUT2D eigenvalue weighted by Gasteiger charge is 2.17. The smallest absolute Gasteiger partial charge is 0.231 e. The van der Waals surface area contributed by atoms with E-state index in [-0.39, 0.29) is 5.92 Å². The first-order valence-corrected chi connectivity index (χ1v) is 5.77. The van der Waals surface area contributed by atoms with Gasteiger partial charge in [-0.1, -0.05) is 18.5 Å². The van der Waals surface area contributed by atoms with Gasteiger partial charge in [0.25, 0.3) is 0 Å². The van der Waals surface area contributed by atoms with Crippen LogP contribution in [0, 0.1) is 0 Å². The predicted molar refractivity (Wildman–Crippen MR) is 63.2 cm³/mol. The highest BCUT2D eigenvalue weighted by Crippen LogP contribution is 2.21. The molecule has 0 amide bonds. The van der Waals surface area contributed by atoms with Crippen LogP contribution >= 0.6 is 0 Å². The van der Waals surface area contributed by atoms with E-state index in [0.29, 0.717) is 18.3 Å². The Morgan fingerprint density at radius 2 is 2.35 bits per heavy atom. The Labute approximate surface area is 99.8 Å². The van der Waals surface area contributed by atoms with Crippen LogP contribution in [0.1, 0.15) is 31.6 Å². The van der Waals surface area contributed by atoms with Crippen LogP contribution in [0.2, 0.25) is 0 Å². The first-order chi connectivity index (χ1) is 8.24. The summed E-state index contributed by atoms with van der Waals surface area (Å²) in [6, 6.07) is 0. The molecule has 2 heterocycles. The quantitative estimate of drug-likeness (QED) is 0.844. The fourth-order valence-corrected chi connectivity index (χ4v) is 1.75. The van der Waals surface area contributed by atoms with E-state index in [2.05, 4.69) is 22.2 Å². The summed E-state index contributed by atoms with van der Waals surface area (Å²) in [6.07, 6.45) is 5.58. The molecule has 6 nitrogen and oxygen atoms in total. The minimum atomic E-state index is 0.151. The molecule has 0 radical (unpaired) electrons. The van der Waals surface area contributed by atoms with Gasteiger partial charge >= 0.3 is 0 Å². The molecule has 2 rings (SSSR count). The Kier molecular flexibility index (Phi) is 3.53. The van der Waals surface area contributed by atoms with Gasteiger partial charge in [-0.3, -0.25) is 4.68 Å². The van der Waals surface area contributed by atoms with E-state index in [0.717, 1.165) is 18.4 Å². The topological polar surface area (TPSA) is 82.8 Å². The lowest BCUT2D eigenvalue weighted by molar-refractivity contribution is 0.347. The Hall–Kier alpha value is -1.69. The lowest BCUT2D eigenvalue weighted by Crippen LogP contribution is -2.12. The van der Waals surface area contributed by atoms with E-state index < -0.39 is 0 Å². The van der Waals surface area contributed by atoms with Crippen molar-refractivity contribution < 1.29 is 4.52 Å². The molecule has 0 aliphatic heterocycles. The van der Waals surface area contributed by atoms with Gasteiger partial charge in [-0.15, -0.1) is 0 Å². The third kappa shape index (κ3) is 2.52. The number of rotatable bonds is 5. The van der Waals surface area contributed by atoms with E-state index in [9.17, 15) is 0 Å². The summed E-state index contributed by atoms with van der Waals surface area (Å²) in [6.45, 7) is 2.64. The number of aryl methyl sites for hydroxylation is 1. The van der Waals surface area contributed by atoms with Crippen LogP contribution in [0.5, 0.6) is 0 Å². The van der Waals surface area contributed by atoms with Gasteiger partial charge in [-0.2, -0.15) is 10.1 Å². The van der Waals surface area contributed by atoms with Crippen molar-refractivity contribution in [2.75, 3.05) is 6.54 Å². The molecule has 2 aromatic rings. The molecule has 0 fully saturated rings. The summed E-state index contributed by atoms with van der Waals surface area (Å²) in [5.41, 5.74) is 6.55. The molecule has 2 aromatic heterocycles. The summed E-state index contributed by atoms with van der Waals surface area (Å²) in [5.74, 6) is 1.34. The molecule has 0 saturated heterocycles. The number of hydrogen-bond donors (Lipinski definition) is 1. The fourth-order valence-electron chi connectivity index (χ4n) is 1.75. The molecule has 17 heavy (non-hydrogen) atoms. The van der Waals surface area contributed by atoms with Crippen molar-refractivity contribution in [3.05, 3.63) is 18.3 Å². The van der Waals surface area contributed by atoms with Gasteiger partial charge in [-0.05, 0) is 6.42 Å². The van der Waals surface area contributed by atoms with E-state index in [1.54, 1.807) is 10.9 Å². The van der Waals surface area contributed by atoms with Crippen molar-refractivity contribution >= 4 is 0 Å². The Morgan fingerprint density at radius 3 is 2.94 bits per heavy atom. The lowest BCUT2D eigenvalue weighted by atomic mass is 10.0. The minimum Gasteiger partial charge on any atom is -0.339 e. The van der Waals surface area contributed by atoms with Crippen molar-refractivity contribution in [1.29, 1.82) is 0 Å².